The number of piperazine rings is 1. The summed E-state index contributed by atoms with van der Waals surface area (Å²) < 4.78 is 0. The molecule has 2 heteroatoms. The number of allylic oxidation sites excluding steroid dienone is 5. The lowest BCUT2D eigenvalue weighted by atomic mass is 10.0. The van der Waals surface area contributed by atoms with E-state index in [9.17, 15) is 0 Å². The van der Waals surface area contributed by atoms with Crippen LogP contribution in [0.4, 0.5) is 0 Å². The van der Waals surface area contributed by atoms with Crippen LogP contribution in [0.15, 0.2) is 48.2 Å². The van der Waals surface area contributed by atoms with Crippen LogP contribution >= 0.6 is 0 Å². The highest BCUT2D eigenvalue weighted by atomic mass is 15.3. The molecular formula is C19H30N2. The highest BCUT2D eigenvalue weighted by molar-refractivity contribution is 5.33. The average molecular weight is 286 g/mol. The van der Waals surface area contributed by atoms with E-state index in [0.717, 1.165) is 12.8 Å². The number of hydrogen-bond donors (Lipinski definition) is 0. The van der Waals surface area contributed by atoms with Crippen molar-refractivity contribution in [2.24, 2.45) is 0 Å². The Morgan fingerprint density at radius 3 is 2.57 bits per heavy atom. The summed E-state index contributed by atoms with van der Waals surface area (Å²) in [6.07, 6.45) is 16.0. The molecule has 0 saturated carbocycles. The number of nitrogens with zero attached hydrogens (tertiary/aromatic N) is 2. The van der Waals surface area contributed by atoms with Crippen molar-refractivity contribution in [3.63, 3.8) is 0 Å². The molecule has 0 aromatic heterocycles. The van der Waals surface area contributed by atoms with Crippen LogP contribution < -0.4 is 0 Å². The van der Waals surface area contributed by atoms with Crippen LogP contribution in [0.2, 0.25) is 0 Å². The second kappa shape index (κ2) is 8.23. The molecule has 1 aliphatic carbocycles. The third kappa shape index (κ3) is 4.34. The largest absolute Gasteiger partial charge is 0.373 e. The molecule has 0 spiro atoms. The molecule has 1 heterocycles. The molecule has 1 saturated heterocycles. The molecule has 0 N–H and O–H groups in total. The van der Waals surface area contributed by atoms with Crippen LogP contribution in [0, 0.1) is 0 Å². The van der Waals surface area contributed by atoms with Gasteiger partial charge in [0.2, 0.25) is 0 Å². The number of hydrogen-bond acceptors (Lipinski definition) is 2. The van der Waals surface area contributed by atoms with Crippen molar-refractivity contribution in [3.8, 4) is 0 Å². The predicted molar refractivity (Wildman–Crippen MR) is 92.3 cm³/mol. The lowest BCUT2D eigenvalue weighted by Gasteiger charge is -2.40. The van der Waals surface area contributed by atoms with Crippen molar-refractivity contribution in [1.29, 1.82) is 0 Å². The topological polar surface area (TPSA) is 6.48 Å². The maximum absolute atomic E-state index is 3.84. The smallest absolute Gasteiger partial charge is 0.0317 e. The first-order valence-electron chi connectivity index (χ1n) is 8.47. The van der Waals surface area contributed by atoms with Crippen molar-refractivity contribution >= 4 is 0 Å². The van der Waals surface area contributed by atoms with Crippen molar-refractivity contribution in [3.05, 3.63) is 48.2 Å². The first-order chi connectivity index (χ1) is 10.3. The normalized spacial score (nSPS) is 24.1. The minimum absolute atomic E-state index is 0.584. The third-order valence-corrected chi connectivity index (χ3v) is 4.56. The van der Waals surface area contributed by atoms with E-state index in [1.165, 1.54) is 44.6 Å². The zero-order chi connectivity index (χ0) is 15.1. The minimum atomic E-state index is 0.584. The minimum Gasteiger partial charge on any atom is -0.373 e. The molecule has 0 aromatic carbocycles. The van der Waals surface area contributed by atoms with Gasteiger partial charge in [0.25, 0.3) is 0 Å². The molecule has 0 aromatic rings. The summed E-state index contributed by atoms with van der Waals surface area (Å²) >= 11 is 0. The highest BCUT2D eigenvalue weighted by Gasteiger charge is 2.23. The van der Waals surface area contributed by atoms with Crippen LogP contribution in [-0.2, 0) is 0 Å². The van der Waals surface area contributed by atoms with Crippen molar-refractivity contribution in [1.82, 2.24) is 9.80 Å². The zero-order valence-corrected chi connectivity index (χ0v) is 13.7. The van der Waals surface area contributed by atoms with Gasteiger partial charge in [0, 0.05) is 37.9 Å². The van der Waals surface area contributed by atoms with Crippen LogP contribution in [-0.4, -0.2) is 42.0 Å². The van der Waals surface area contributed by atoms with E-state index in [1.807, 2.05) is 6.08 Å². The summed E-state index contributed by atoms with van der Waals surface area (Å²) in [4.78, 5) is 5.21. The van der Waals surface area contributed by atoms with Gasteiger partial charge >= 0.3 is 0 Å². The fraction of sp³-hybridized carbons (Fsp3) is 0.579. The SMILES string of the molecule is C=CC1=CCC(N2CCN(/C(=C/CCC)CC)CC2)C=C1. The van der Waals surface area contributed by atoms with E-state index in [1.54, 1.807) is 5.70 Å². The lowest BCUT2D eigenvalue weighted by molar-refractivity contribution is 0.132. The Kier molecular flexibility index (Phi) is 6.31. The Labute approximate surface area is 130 Å². The molecule has 2 nitrogen and oxygen atoms in total. The molecule has 2 rings (SSSR count). The van der Waals surface area contributed by atoms with Crippen molar-refractivity contribution in [2.75, 3.05) is 26.2 Å². The van der Waals surface area contributed by atoms with Gasteiger partial charge in [0.05, 0.1) is 0 Å². The van der Waals surface area contributed by atoms with Crippen molar-refractivity contribution in [2.45, 2.75) is 45.6 Å². The van der Waals surface area contributed by atoms with Gasteiger partial charge in [-0.05, 0) is 24.8 Å². The van der Waals surface area contributed by atoms with Gasteiger partial charge in [0.15, 0.2) is 0 Å². The van der Waals surface area contributed by atoms with Gasteiger partial charge in [0.1, 0.15) is 0 Å². The average Bonchev–Trinajstić information content (AvgIpc) is 2.56. The number of rotatable bonds is 6. The molecule has 0 amide bonds. The maximum Gasteiger partial charge on any atom is 0.0317 e. The lowest BCUT2D eigenvalue weighted by Crippen LogP contribution is -2.49. The fourth-order valence-corrected chi connectivity index (χ4v) is 3.20. The molecule has 116 valence electrons. The van der Waals surface area contributed by atoms with Crippen LogP contribution in [0.3, 0.4) is 0 Å². The van der Waals surface area contributed by atoms with Gasteiger partial charge < -0.3 is 4.90 Å². The Morgan fingerprint density at radius 1 is 1.29 bits per heavy atom. The van der Waals surface area contributed by atoms with E-state index in [0.29, 0.717) is 6.04 Å². The Bertz CT molecular complexity index is 423. The van der Waals surface area contributed by atoms with Crippen LogP contribution in [0.25, 0.3) is 0 Å². The van der Waals surface area contributed by atoms with E-state index < -0.39 is 0 Å². The van der Waals surface area contributed by atoms with E-state index in [2.05, 4.69) is 54.5 Å². The predicted octanol–water partition coefficient (Wildman–Crippen LogP) is 4.14. The molecule has 21 heavy (non-hydrogen) atoms. The summed E-state index contributed by atoms with van der Waals surface area (Å²) in [6.45, 7) is 13.1. The van der Waals surface area contributed by atoms with Gasteiger partial charge in [-0.1, -0.05) is 57.2 Å². The standard InChI is InChI=1S/C19H30N2/c1-4-7-8-18(6-3)20-13-15-21(16-14-20)19-11-9-17(5-2)10-12-19/h5,8-11,19H,2,4,6-7,12-16H2,1,3H3/b18-8+. The third-order valence-electron chi connectivity index (χ3n) is 4.56. The Balaban J connectivity index is 1.85. The Morgan fingerprint density at radius 2 is 2.05 bits per heavy atom. The summed E-state index contributed by atoms with van der Waals surface area (Å²) in [6, 6.07) is 0.584. The molecule has 2 aliphatic rings. The van der Waals surface area contributed by atoms with Gasteiger partial charge in [-0.3, -0.25) is 4.90 Å². The molecule has 1 aliphatic heterocycles. The molecule has 1 unspecified atom stereocenters. The van der Waals surface area contributed by atoms with E-state index in [-0.39, 0.29) is 0 Å². The van der Waals surface area contributed by atoms with E-state index >= 15 is 0 Å². The molecule has 1 atom stereocenters. The first kappa shape index (κ1) is 16.1. The number of unbranched alkanes of at least 4 members (excludes halogenated alkanes) is 1. The highest BCUT2D eigenvalue weighted by Crippen LogP contribution is 2.20. The van der Waals surface area contributed by atoms with Gasteiger partial charge in [-0.15, -0.1) is 0 Å². The fourth-order valence-electron chi connectivity index (χ4n) is 3.20. The van der Waals surface area contributed by atoms with Crippen molar-refractivity contribution < 1.29 is 0 Å². The molecule has 0 bridgehead atoms. The van der Waals surface area contributed by atoms with E-state index in [4.69, 9.17) is 0 Å². The Hall–Kier alpha value is -1.28. The summed E-state index contributed by atoms with van der Waals surface area (Å²) in [7, 11) is 0. The first-order valence-corrected chi connectivity index (χ1v) is 8.47. The molecule has 0 radical (unpaired) electrons. The molecule has 1 fully saturated rings. The summed E-state index contributed by atoms with van der Waals surface area (Å²) in [5.74, 6) is 0. The second-order valence-electron chi connectivity index (χ2n) is 5.93. The van der Waals surface area contributed by atoms with Gasteiger partial charge in [-0.2, -0.15) is 0 Å². The van der Waals surface area contributed by atoms with Gasteiger partial charge in [-0.25, -0.2) is 0 Å². The quantitative estimate of drug-likeness (QED) is 0.724. The summed E-state index contributed by atoms with van der Waals surface area (Å²) in [5, 5.41) is 0. The molecular weight excluding hydrogens is 256 g/mol. The second-order valence-corrected chi connectivity index (χ2v) is 5.93. The van der Waals surface area contributed by atoms with Crippen LogP contribution in [0.1, 0.15) is 39.5 Å². The monoisotopic (exact) mass is 286 g/mol. The zero-order valence-electron chi connectivity index (χ0n) is 13.7. The van der Waals surface area contributed by atoms with Crippen LogP contribution in [0.5, 0.6) is 0 Å². The maximum atomic E-state index is 3.84. The summed E-state index contributed by atoms with van der Waals surface area (Å²) in [5.41, 5.74) is 2.81.